The molecule has 0 fully saturated rings. The SMILES string of the molecule is CC/C=C\C/C=C\CCCCCCCCCC(=O)OC(COC(=O)CCCCCCC/C=C\CCCCC)COC(=O)CCCCCCC/C=C\CCCCCCCCCCC. The van der Waals surface area contributed by atoms with E-state index in [1.54, 1.807) is 0 Å². The summed E-state index contributed by atoms with van der Waals surface area (Å²) in [5.41, 5.74) is 0. The molecule has 0 saturated heterocycles. The van der Waals surface area contributed by atoms with Crippen molar-refractivity contribution in [1.29, 1.82) is 0 Å². The highest BCUT2D eigenvalue weighted by atomic mass is 16.6. The average molecular weight is 869 g/mol. The van der Waals surface area contributed by atoms with Crippen molar-refractivity contribution in [1.82, 2.24) is 0 Å². The third kappa shape index (κ3) is 48.4. The van der Waals surface area contributed by atoms with Gasteiger partial charge in [-0.25, -0.2) is 0 Å². The van der Waals surface area contributed by atoms with Crippen molar-refractivity contribution in [2.75, 3.05) is 13.2 Å². The third-order valence-electron chi connectivity index (χ3n) is 11.5. The molecule has 1 atom stereocenters. The van der Waals surface area contributed by atoms with Crippen molar-refractivity contribution in [3.8, 4) is 0 Å². The monoisotopic (exact) mass is 869 g/mol. The van der Waals surface area contributed by atoms with Crippen LogP contribution in [0.2, 0.25) is 0 Å². The first-order chi connectivity index (χ1) is 30.5. The molecule has 6 nitrogen and oxygen atoms in total. The molecule has 0 aliphatic rings. The molecule has 0 aromatic heterocycles. The second kappa shape index (κ2) is 51.0. The molecular weight excluding hydrogens is 769 g/mol. The van der Waals surface area contributed by atoms with E-state index in [1.165, 1.54) is 141 Å². The highest BCUT2D eigenvalue weighted by molar-refractivity contribution is 5.71. The minimum atomic E-state index is -0.782. The van der Waals surface area contributed by atoms with Gasteiger partial charge in [-0.1, -0.05) is 204 Å². The van der Waals surface area contributed by atoms with Gasteiger partial charge in [0.05, 0.1) is 0 Å². The van der Waals surface area contributed by atoms with Crippen LogP contribution < -0.4 is 0 Å². The molecule has 0 aliphatic heterocycles. The lowest BCUT2D eigenvalue weighted by Gasteiger charge is -2.18. The number of rotatable bonds is 48. The molecule has 0 aromatic carbocycles. The molecule has 0 spiro atoms. The van der Waals surface area contributed by atoms with Crippen LogP contribution in [0.15, 0.2) is 48.6 Å². The molecule has 0 radical (unpaired) electrons. The van der Waals surface area contributed by atoms with Crippen molar-refractivity contribution in [3.63, 3.8) is 0 Å². The second-order valence-electron chi connectivity index (χ2n) is 17.7. The van der Waals surface area contributed by atoms with Crippen LogP contribution >= 0.6 is 0 Å². The van der Waals surface area contributed by atoms with E-state index in [9.17, 15) is 14.4 Å². The van der Waals surface area contributed by atoms with Crippen LogP contribution in [0.4, 0.5) is 0 Å². The largest absolute Gasteiger partial charge is 0.462 e. The van der Waals surface area contributed by atoms with Crippen LogP contribution in [0.3, 0.4) is 0 Å². The van der Waals surface area contributed by atoms with Gasteiger partial charge in [-0.3, -0.25) is 14.4 Å². The molecule has 0 bridgehead atoms. The molecule has 0 heterocycles. The van der Waals surface area contributed by atoms with Gasteiger partial charge in [-0.15, -0.1) is 0 Å². The number of allylic oxidation sites excluding steroid dienone is 8. The summed E-state index contributed by atoms with van der Waals surface area (Å²) in [6, 6.07) is 0. The molecule has 360 valence electrons. The van der Waals surface area contributed by atoms with Gasteiger partial charge in [0.25, 0.3) is 0 Å². The number of ether oxygens (including phenoxy) is 3. The predicted molar refractivity (Wildman–Crippen MR) is 265 cm³/mol. The fraction of sp³-hybridized carbons (Fsp3) is 0.804. The summed E-state index contributed by atoms with van der Waals surface area (Å²) in [6.45, 7) is 6.50. The van der Waals surface area contributed by atoms with Crippen LogP contribution in [0.5, 0.6) is 0 Å². The highest BCUT2D eigenvalue weighted by Crippen LogP contribution is 2.15. The number of hydrogen-bond acceptors (Lipinski definition) is 6. The van der Waals surface area contributed by atoms with Crippen LogP contribution in [0.25, 0.3) is 0 Å². The fourth-order valence-corrected chi connectivity index (χ4v) is 7.53. The summed E-state index contributed by atoms with van der Waals surface area (Å²) < 4.78 is 16.8. The smallest absolute Gasteiger partial charge is 0.306 e. The van der Waals surface area contributed by atoms with E-state index < -0.39 is 6.10 Å². The van der Waals surface area contributed by atoms with E-state index in [0.717, 1.165) is 89.9 Å². The number of carbonyl (C=O) groups excluding carboxylic acids is 3. The van der Waals surface area contributed by atoms with E-state index in [-0.39, 0.29) is 31.1 Å². The Morgan fingerprint density at radius 1 is 0.339 bits per heavy atom. The lowest BCUT2D eigenvalue weighted by atomic mass is 10.1. The van der Waals surface area contributed by atoms with E-state index >= 15 is 0 Å². The minimum absolute atomic E-state index is 0.0824. The molecule has 62 heavy (non-hydrogen) atoms. The first kappa shape index (κ1) is 59.4. The van der Waals surface area contributed by atoms with E-state index in [1.807, 2.05) is 0 Å². The topological polar surface area (TPSA) is 78.9 Å². The Morgan fingerprint density at radius 2 is 0.629 bits per heavy atom. The zero-order chi connectivity index (χ0) is 45.1. The zero-order valence-electron chi connectivity index (χ0n) is 41.1. The normalized spacial score (nSPS) is 12.4. The van der Waals surface area contributed by atoms with Crippen LogP contribution in [0.1, 0.15) is 271 Å². The summed E-state index contributed by atoms with van der Waals surface area (Å²) in [4.78, 5) is 38.0. The Hall–Kier alpha value is -2.63. The summed E-state index contributed by atoms with van der Waals surface area (Å²) >= 11 is 0. The van der Waals surface area contributed by atoms with Gasteiger partial charge in [0, 0.05) is 19.3 Å². The standard InChI is InChI=1S/C56H100O6/c1-4-7-10-13-16-19-22-25-27-28-29-30-32-34-37-40-43-46-49-55(58)61-52-53(51-60-54(57)48-45-42-39-36-33-24-21-18-15-12-9-6-3)62-56(59)50-47-44-41-38-35-31-26-23-20-17-14-11-8-5-2/h8,11,17-18,20-21,29-30,53H,4-7,9-10,12-16,19,22-28,31-52H2,1-3H3/b11-8-,20-17-,21-18-,30-29-. The Bertz CT molecular complexity index is 1090. The summed E-state index contributed by atoms with van der Waals surface area (Å²) in [5, 5.41) is 0. The van der Waals surface area contributed by atoms with Gasteiger partial charge in [0.2, 0.25) is 0 Å². The Balaban J connectivity index is 4.36. The maximum absolute atomic E-state index is 12.8. The van der Waals surface area contributed by atoms with Crippen molar-refractivity contribution in [2.24, 2.45) is 0 Å². The second-order valence-corrected chi connectivity index (χ2v) is 17.7. The molecule has 0 aliphatic carbocycles. The van der Waals surface area contributed by atoms with Gasteiger partial charge >= 0.3 is 17.9 Å². The molecule has 0 N–H and O–H groups in total. The first-order valence-electron chi connectivity index (χ1n) is 26.6. The first-order valence-corrected chi connectivity index (χ1v) is 26.6. The van der Waals surface area contributed by atoms with E-state index in [2.05, 4.69) is 69.4 Å². The quantitative estimate of drug-likeness (QED) is 0.0262. The summed E-state index contributed by atoms with van der Waals surface area (Å²) in [6.07, 6.45) is 61.0. The molecule has 0 amide bonds. The van der Waals surface area contributed by atoms with Crippen molar-refractivity contribution in [3.05, 3.63) is 48.6 Å². The van der Waals surface area contributed by atoms with Crippen LogP contribution in [-0.4, -0.2) is 37.2 Å². The number of unbranched alkanes of at least 4 members (excludes halogenated alkanes) is 29. The average Bonchev–Trinajstić information content (AvgIpc) is 3.27. The number of hydrogen-bond donors (Lipinski definition) is 0. The fourth-order valence-electron chi connectivity index (χ4n) is 7.53. The number of esters is 3. The van der Waals surface area contributed by atoms with Crippen LogP contribution in [0, 0.1) is 0 Å². The van der Waals surface area contributed by atoms with Crippen molar-refractivity contribution in [2.45, 2.75) is 277 Å². The van der Waals surface area contributed by atoms with Crippen molar-refractivity contribution < 1.29 is 28.6 Å². The van der Waals surface area contributed by atoms with Crippen LogP contribution in [-0.2, 0) is 28.6 Å². The van der Waals surface area contributed by atoms with Gasteiger partial charge in [0.1, 0.15) is 13.2 Å². The molecule has 1 unspecified atom stereocenters. The molecule has 0 rings (SSSR count). The highest BCUT2D eigenvalue weighted by Gasteiger charge is 2.19. The third-order valence-corrected chi connectivity index (χ3v) is 11.5. The Labute approximate surface area is 384 Å². The Kier molecular flexibility index (Phi) is 48.8. The lowest BCUT2D eigenvalue weighted by Crippen LogP contribution is -2.30. The van der Waals surface area contributed by atoms with Crippen molar-refractivity contribution >= 4 is 17.9 Å². The maximum atomic E-state index is 12.8. The molecule has 0 aromatic rings. The van der Waals surface area contributed by atoms with Gasteiger partial charge in [-0.2, -0.15) is 0 Å². The predicted octanol–water partition coefficient (Wildman–Crippen LogP) is 17.5. The van der Waals surface area contributed by atoms with Gasteiger partial charge in [0.15, 0.2) is 6.10 Å². The van der Waals surface area contributed by atoms with E-state index in [4.69, 9.17) is 14.2 Å². The molecule has 0 saturated carbocycles. The molecule has 6 heteroatoms. The minimum Gasteiger partial charge on any atom is -0.462 e. The number of carbonyl (C=O) groups is 3. The summed E-state index contributed by atoms with van der Waals surface area (Å²) in [5.74, 6) is -0.900. The zero-order valence-corrected chi connectivity index (χ0v) is 41.1. The van der Waals surface area contributed by atoms with E-state index in [0.29, 0.717) is 19.3 Å². The lowest BCUT2D eigenvalue weighted by molar-refractivity contribution is -0.167. The van der Waals surface area contributed by atoms with Gasteiger partial charge in [-0.05, 0) is 96.3 Å². The maximum Gasteiger partial charge on any atom is 0.306 e. The van der Waals surface area contributed by atoms with Gasteiger partial charge < -0.3 is 14.2 Å². The molecular formula is C56H100O6. The summed E-state index contributed by atoms with van der Waals surface area (Å²) in [7, 11) is 0. The Morgan fingerprint density at radius 3 is 1.02 bits per heavy atom.